The van der Waals surface area contributed by atoms with E-state index in [-0.39, 0.29) is 13.2 Å². The first kappa shape index (κ1) is 14.9. The number of benzene rings is 1. The van der Waals surface area contributed by atoms with Gasteiger partial charge in [-0.15, -0.1) is 32.9 Å². The third-order valence-corrected chi connectivity index (χ3v) is 5.04. The zero-order chi connectivity index (χ0) is 16.4. The summed E-state index contributed by atoms with van der Waals surface area (Å²) in [4.78, 5) is 18.5. The number of ether oxygens (including phenoxy) is 1. The Balaban J connectivity index is 1.36. The van der Waals surface area contributed by atoms with Crippen molar-refractivity contribution in [3.8, 4) is 10.7 Å². The average Bonchev–Trinajstić information content (AvgIpc) is 3.32. The lowest BCUT2D eigenvalue weighted by Crippen LogP contribution is -2.15. The van der Waals surface area contributed by atoms with E-state index < -0.39 is 5.97 Å². The number of thiophene rings is 1. The minimum Gasteiger partial charge on any atom is -0.457 e. The maximum absolute atomic E-state index is 11.9. The fourth-order valence-electron chi connectivity index (χ4n) is 2.10. The highest BCUT2D eigenvalue weighted by Crippen LogP contribution is 2.22. The van der Waals surface area contributed by atoms with Crippen molar-refractivity contribution < 1.29 is 9.53 Å². The van der Waals surface area contributed by atoms with E-state index in [9.17, 15) is 4.79 Å². The van der Waals surface area contributed by atoms with E-state index >= 15 is 0 Å². The van der Waals surface area contributed by atoms with E-state index in [4.69, 9.17) is 4.74 Å². The van der Waals surface area contributed by atoms with Crippen LogP contribution in [0.5, 0.6) is 0 Å². The highest BCUT2D eigenvalue weighted by atomic mass is 32.1. The van der Waals surface area contributed by atoms with Gasteiger partial charge in [-0.1, -0.05) is 18.2 Å². The Kier molecular flexibility index (Phi) is 4.01. The highest BCUT2D eigenvalue weighted by molar-refractivity contribution is 7.18. The molecule has 24 heavy (non-hydrogen) atoms. The molecule has 1 aromatic carbocycles. The van der Waals surface area contributed by atoms with Gasteiger partial charge in [-0.05, 0) is 28.8 Å². The Hall–Kier alpha value is -2.65. The second-order valence-corrected chi connectivity index (χ2v) is 6.92. The number of thiazole rings is 1. The molecule has 0 saturated heterocycles. The quantitative estimate of drug-likeness (QED) is 0.511. The molecule has 0 fully saturated rings. The molecule has 4 rings (SSSR count). The summed E-state index contributed by atoms with van der Waals surface area (Å²) < 4.78 is 6.32. The molecule has 0 aliphatic carbocycles. The average molecular weight is 357 g/mol. The molecule has 3 heterocycles. The van der Waals surface area contributed by atoms with E-state index in [1.54, 1.807) is 0 Å². The number of nitrogens with zero attached hydrogens (tertiary/aromatic N) is 5. The Bertz CT molecular complexity index is 944. The molecule has 0 unspecified atom stereocenters. The lowest BCUT2D eigenvalue weighted by atomic mass is 10.3. The first-order chi connectivity index (χ1) is 11.8. The highest BCUT2D eigenvalue weighted by Gasteiger charge is 2.12. The first-order valence-corrected chi connectivity index (χ1v) is 8.79. The third-order valence-electron chi connectivity index (χ3n) is 3.16. The fourth-order valence-corrected chi connectivity index (χ4v) is 3.63. The van der Waals surface area contributed by atoms with Crippen molar-refractivity contribution in [2.75, 3.05) is 0 Å². The number of carbonyl (C=O) groups excluding carboxylic acids is 1. The second-order valence-electron chi connectivity index (χ2n) is 4.86. The molecule has 4 aromatic rings. The summed E-state index contributed by atoms with van der Waals surface area (Å²) in [5.41, 5.74) is 0.909. The molecule has 0 saturated carbocycles. The van der Waals surface area contributed by atoms with Crippen LogP contribution in [0.4, 0.5) is 0 Å². The zero-order valence-corrected chi connectivity index (χ0v) is 14.0. The van der Waals surface area contributed by atoms with E-state index in [0.717, 1.165) is 20.1 Å². The molecular weight excluding hydrogens is 346 g/mol. The van der Waals surface area contributed by atoms with E-state index in [0.29, 0.717) is 5.82 Å². The van der Waals surface area contributed by atoms with Gasteiger partial charge in [-0.25, -0.2) is 9.78 Å². The van der Waals surface area contributed by atoms with Crippen LogP contribution >= 0.6 is 22.7 Å². The van der Waals surface area contributed by atoms with Gasteiger partial charge in [0.2, 0.25) is 5.82 Å². The van der Waals surface area contributed by atoms with Crippen LogP contribution in [0.2, 0.25) is 0 Å². The van der Waals surface area contributed by atoms with Gasteiger partial charge in [0.1, 0.15) is 11.6 Å². The normalized spacial score (nSPS) is 11.0. The molecule has 0 radical (unpaired) electrons. The molecule has 0 aliphatic heterocycles. The minimum atomic E-state index is -0.426. The predicted octanol–water partition coefficient (Wildman–Crippen LogP) is 2.75. The van der Waals surface area contributed by atoms with Crippen LogP contribution in [-0.4, -0.2) is 31.2 Å². The molecule has 9 heteroatoms. The van der Waals surface area contributed by atoms with Crippen LogP contribution in [-0.2, 0) is 22.7 Å². The van der Waals surface area contributed by atoms with Crippen molar-refractivity contribution in [3.05, 3.63) is 46.8 Å². The molecule has 0 aliphatic rings. The second kappa shape index (κ2) is 6.46. The van der Waals surface area contributed by atoms with Gasteiger partial charge in [0.15, 0.2) is 6.54 Å². The predicted molar refractivity (Wildman–Crippen MR) is 90.5 cm³/mol. The number of carbonyl (C=O) groups is 1. The smallest absolute Gasteiger partial charge is 0.330 e. The van der Waals surface area contributed by atoms with Crippen molar-refractivity contribution in [3.63, 3.8) is 0 Å². The Morgan fingerprint density at radius 3 is 2.96 bits per heavy atom. The van der Waals surface area contributed by atoms with Crippen LogP contribution in [0.25, 0.3) is 20.9 Å². The van der Waals surface area contributed by atoms with E-state index in [2.05, 4.69) is 20.4 Å². The van der Waals surface area contributed by atoms with Gasteiger partial charge >= 0.3 is 5.97 Å². The van der Waals surface area contributed by atoms with Crippen molar-refractivity contribution >= 4 is 38.9 Å². The van der Waals surface area contributed by atoms with Crippen LogP contribution in [0.1, 0.15) is 5.01 Å². The van der Waals surface area contributed by atoms with Gasteiger partial charge in [0.25, 0.3) is 0 Å². The number of rotatable bonds is 5. The van der Waals surface area contributed by atoms with E-state index in [1.165, 1.54) is 27.5 Å². The Morgan fingerprint density at radius 2 is 2.12 bits per heavy atom. The van der Waals surface area contributed by atoms with E-state index in [1.807, 2.05) is 41.8 Å². The lowest BCUT2D eigenvalue weighted by molar-refractivity contribution is -0.146. The van der Waals surface area contributed by atoms with Gasteiger partial charge in [0.05, 0.1) is 15.1 Å². The Labute approximate surface area is 144 Å². The molecule has 7 nitrogen and oxygen atoms in total. The maximum atomic E-state index is 11.9. The summed E-state index contributed by atoms with van der Waals surface area (Å²) in [6.45, 7) is 0.0634. The zero-order valence-electron chi connectivity index (χ0n) is 12.3. The summed E-state index contributed by atoms with van der Waals surface area (Å²) in [5, 5.41) is 14.7. The number of tetrazole rings is 1. The lowest BCUT2D eigenvalue weighted by Gasteiger charge is -2.01. The van der Waals surface area contributed by atoms with Crippen molar-refractivity contribution in [2.24, 2.45) is 0 Å². The summed E-state index contributed by atoms with van der Waals surface area (Å²) in [7, 11) is 0. The monoisotopic (exact) mass is 357 g/mol. The number of fused-ring (bicyclic) bond motifs is 1. The fraction of sp³-hybridized carbons (Fsp3) is 0.133. The SMILES string of the molecule is O=C(Cn1nnc(-c2cccs2)n1)OCc1nc2ccccc2s1. The molecule has 0 N–H and O–H groups in total. The molecular formula is C15H11N5O2S2. The number of aromatic nitrogens is 5. The van der Waals surface area contributed by atoms with Crippen LogP contribution in [0.3, 0.4) is 0 Å². The number of hydrogen-bond acceptors (Lipinski definition) is 8. The molecule has 0 bridgehead atoms. The first-order valence-electron chi connectivity index (χ1n) is 7.10. The Morgan fingerprint density at radius 1 is 1.21 bits per heavy atom. The van der Waals surface area contributed by atoms with Gasteiger partial charge in [-0.2, -0.15) is 4.80 Å². The van der Waals surface area contributed by atoms with Crippen molar-refractivity contribution in [2.45, 2.75) is 13.2 Å². The van der Waals surface area contributed by atoms with Gasteiger partial charge < -0.3 is 4.74 Å². The summed E-state index contributed by atoms with van der Waals surface area (Å²) in [5.74, 6) is 0.0772. The standard InChI is InChI=1S/C15H11N5O2S2/c21-14(8-20-18-15(17-19-20)12-6-3-7-23-12)22-9-13-16-10-4-1-2-5-11(10)24-13/h1-7H,8-9H2. The number of para-hydroxylation sites is 1. The largest absolute Gasteiger partial charge is 0.457 e. The summed E-state index contributed by atoms with van der Waals surface area (Å²) in [6, 6.07) is 11.6. The third kappa shape index (κ3) is 3.17. The number of hydrogen-bond donors (Lipinski definition) is 0. The molecule has 120 valence electrons. The van der Waals surface area contributed by atoms with Gasteiger partial charge in [0, 0.05) is 0 Å². The summed E-state index contributed by atoms with van der Waals surface area (Å²) >= 11 is 3.03. The number of esters is 1. The molecule has 0 spiro atoms. The van der Waals surface area contributed by atoms with Crippen molar-refractivity contribution in [1.82, 2.24) is 25.2 Å². The maximum Gasteiger partial charge on any atom is 0.330 e. The topological polar surface area (TPSA) is 82.8 Å². The summed E-state index contributed by atoms with van der Waals surface area (Å²) in [6.07, 6.45) is 0. The molecule has 0 atom stereocenters. The van der Waals surface area contributed by atoms with Crippen molar-refractivity contribution in [1.29, 1.82) is 0 Å². The molecule has 3 aromatic heterocycles. The minimum absolute atomic E-state index is 0.0801. The van der Waals surface area contributed by atoms with Crippen LogP contribution < -0.4 is 0 Å². The van der Waals surface area contributed by atoms with Crippen LogP contribution in [0, 0.1) is 0 Å². The van der Waals surface area contributed by atoms with Gasteiger partial charge in [-0.3, -0.25) is 0 Å². The van der Waals surface area contributed by atoms with Crippen LogP contribution in [0.15, 0.2) is 41.8 Å². The molecule has 0 amide bonds.